The number of carbonyl (C=O) groups excluding carboxylic acids is 2. The molecule has 0 spiro atoms. The molecule has 33 heavy (non-hydrogen) atoms. The zero-order valence-corrected chi connectivity index (χ0v) is 20.0. The average molecular weight is 465 g/mol. The molecule has 4 saturated heterocycles. The summed E-state index contributed by atoms with van der Waals surface area (Å²) in [5.74, 6) is -0.804. The summed E-state index contributed by atoms with van der Waals surface area (Å²) >= 11 is 0. The second kappa shape index (κ2) is 9.37. The molecule has 4 fully saturated rings. The van der Waals surface area contributed by atoms with Crippen LogP contribution in [0.1, 0.15) is 59.8 Å². The van der Waals surface area contributed by atoms with Crippen molar-refractivity contribution in [2.75, 3.05) is 26.2 Å². The van der Waals surface area contributed by atoms with Crippen LogP contribution in [0.25, 0.3) is 0 Å². The van der Waals surface area contributed by atoms with Gasteiger partial charge in [0.25, 0.3) is 0 Å². The lowest BCUT2D eigenvalue weighted by Crippen LogP contribution is -2.55. The molecule has 0 aromatic rings. The van der Waals surface area contributed by atoms with Crippen LogP contribution in [-0.2, 0) is 23.7 Å². The smallest absolute Gasteiger partial charge is 0.410 e. The molecule has 4 aliphatic heterocycles. The Bertz CT molecular complexity index is 790. The number of nitriles is 1. The number of nitrogens with zero attached hydrogens (tertiary/aromatic N) is 3. The van der Waals surface area contributed by atoms with Gasteiger partial charge in [0.05, 0.1) is 12.6 Å². The van der Waals surface area contributed by atoms with E-state index in [2.05, 4.69) is 18.3 Å². The molecule has 0 unspecified atom stereocenters. The molecule has 4 aliphatic rings. The molecule has 0 aromatic carbocycles. The predicted octanol–water partition coefficient (Wildman–Crippen LogP) is 1.74. The first kappa shape index (κ1) is 24.2. The van der Waals surface area contributed by atoms with E-state index in [-0.39, 0.29) is 36.2 Å². The minimum atomic E-state index is -0.767. The highest BCUT2D eigenvalue weighted by molar-refractivity contribution is 5.79. The lowest BCUT2D eigenvalue weighted by atomic mass is 9.89. The third-order valence-corrected chi connectivity index (χ3v) is 7.24. The Morgan fingerprint density at radius 2 is 1.91 bits per heavy atom. The van der Waals surface area contributed by atoms with Gasteiger partial charge in [0.15, 0.2) is 24.3 Å². The summed E-state index contributed by atoms with van der Waals surface area (Å²) in [5, 5.41) is 12.6. The third kappa shape index (κ3) is 5.11. The SMILES string of the molecule is CC[C@H]1O[C@@H]2OC(C)(C)O[C@@H]2[C@H]1OC(=O)N1CCC(C)(NCC(=O)N2CCC[C@H]2C#N)CC1. The van der Waals surface area contributed by atoms with Gasteiger partial charge >= 0.3 is 6.09 Å². The van der Waals surface area contributed by atoms with Gasteiger partial charge in [-0.1, -0.05) is 6.92 Å². The van der Waals surface area contributed by atoms with E-state index in [1.165, 1.54) is 0 Å². The molecule has 10 heteroatoms. The maximum atomic E-state index is 12.9. The molecule has 0 radical (unpaired) electrons. The van der Waals surface area contributed by atoms with Crippen molar-refractivity contribution in [3.63, 3.8) is 0 Å². The van der Waals surface area contributed by atoms with Crippen molar-refractivity contribution in [1.29, 1.82) is 5.26 Å². The van der Waals surface area contributed by atoms with E-state index in [0.717, 1.165) is 12.8 Å². The van der Waals surface area contributed by atoms with Crippen molar-refractivity contribution >= 4 is 12.0 Å². The first-order valence-corrected chi connectivity index (χ1v) is 12.1. The summed E-state index contributed by atoms with van der Waals surface area (Å²) in [4.78, 5) is 28.9. The highest BCUT2D eigenvalue weighted by Crippen LogP contribution is 2.40. The van der Waals surface area contributed by atoms with Gasteiger partial charge < -0.3 is 34.1 Å². The summed E-state index contributed by atoms with van der Waals surface area (Å²) in [5.41, 5.74) is -0.256. The number of nitrogens with one attached hydrogen (secondary N) is 1. The zero-order valence-electron chi connectivity index (χ0n) is 20.0. The zero-order chi connectivity index (χ0) is 23.8. The van der Waals surface area contributed by atoms with E-state index >= 15 is 0 Å². The van der Waals surface area contributed by atoms with E-state index in [1.54, 1.807) is 9.80 Å². The molecule has 2 amide bonds. The minimum Gasteiger partial charge on any atom is -0.440 e. The van der Waals surface area contributed by atoms with Crippen LogP contribution in [0.4, 0.5) is 4.79 Å². The molecule has 4 rings (SSSR count). The number of hydrogen-bond acceptors (Lipinski definition) is 8. The van der Waals surface area contributed by atoms with Gasteiger partial charge in [-0.2, -0.15) is 5.26 Å². The first-order chi connectivity index (χ1) is 15.6. The molecule has 5 atom stereocenters. The largest absolute Gasteiger partial charge is 0.440 e. The molecule has 0 aliphatic carbocycles. The van der Waals surface area contributed by atoms with E-state index in [0.29, 0.717) is 38.9 Å². The number of ether oxygens (including phenoxy) is 4. The summed E-state index contributed by atoms with van der Waals surface area (Å²) < 4.78 is 23.5. The van der Waals surface area contributed by atoms with Crippen molar-refractivity contribution in [3.8, 4) is 6.07 Å². The Hall–Kier alpha value is -1.93. The minimum absolute atomic E-state index is 0.0368. The van der Waals surface area contributed by atoms with E-state index in [9.17, 15) is 14.9 Å². The highest BCUT2D eigenvalue weighted by Gasteiger charge is 2.56. The number of carbonyl (C=O) groups is 2. The van der Waals surface area contributed by atoms with Crippen LogP contribution < -0.4 is 5.32 Å². The molecule has 184 valence electrons. The lowest BCUT2D eigenvalue weighted by Gasteiger charge is -2.40. The number of rotatable bonds is 5. The molecule has 0 bridgehead atoms. The fraction of sp³-hybridized carbons (Fsp3) is 0.870. The second-order valence-electron chi connectivity index (χ2n) is 10.2. The third-order valence-electron chi connectivity index (χ3n) is 7.24. The fourth-order valence-electron chi connectivity index (χ4n) is 5.16. The first-order valence-electron chi connectivity index (χ1n) is 12.1. The summed E-state index contributed by atoms with van der Waals surface area (Å²) in [7, 11) is 0. The number of fused-ring (bicyclic) bond motifs is 1. The van der Waals surface area contributed by atoms with Crippen LogP contribution >= 0.6 is 0 Å². The van der Waals surface area contributed by atoms with E-state index < -0.39 is 24.3 Å². The van der Waals surface area contributed by atoms with Gasteiger partial charge in [-0.25, -0.2) is 4.79 Å². The topological polar surface area (TPSA) is 113 Å². The van der Waals surface area contributed by atoms with Crippen molar-refractivity contribution in [3.05, 3.63) is 0 Å². The Balaban J connectivity index is 1.26. The van der Waals surface area contributed by atoms with Gasteiger partial charge in [-0.3, -0.25) is 4.79 Å². The van der Waals surface area contributed by atoms with Gasteiger partial charge in [0.2, 0.25) is 5.91 Å². The van der Waals surface area contributed by atoms with Crippen LogP contribution in [0.2, 0.25) is 0 Å². The molecule has 1 N–H and O–H groups in total. The number of piperidine rings is 1. The molecule has 0 saturated carbocycles. The second-order valence-corrected chi connectivity index (χ2v) is 10.2. The predicted molar refractivity (Wildman–Crippen MR) is 117 cm³/mol. The molecular weight excluding hydrogens is 428 g/mol. The van der Waals surface area contributed by atoms with Crippen LogP contribution in [0.5, 0.6) is 0 Å². The summed E-state index contributed by atoms with van der Waals surface area (Å²) in [6.07, 6.45) is 1.63. The number of likely N-dealkylation sites (tertiary alicyclic amines) is 2. The number of amides is 2. The standard InChI is InChI=1S/C23H36N4O6/c1-5-16-18(19-20(30-16)33-22(2,3)32-19)31-21(29)26-11-8-23(4,9-12-26)25-14-17(28)27-10-6-7-15(27)13-24/h15-16,18-20,25H,5-12,14H2,1-4H3/t15-,16+,18-,19+,20+/m0/s1. The Morgan fingerprint density at radius 1 is 1.18 bits per heavy atom. The van der Waals surface area contributed by atoms with Gasteiger partial charge in [0, 0.05) is 25.2 Å². The molecule has 10 nitrogen and oxygen atoms in total. The van der Waals surface area contributed by atoms with Crippen LogP contribution in [0.3, 0.4) is 0 Å². The normalized spacial score (nSPS) is 34.7. The quantitative estimate of drug-likeness (QED) is 0.655. The van der Waals surface area contributed by atoms with Crippen LogP contribution in [-0.4, -0.2) is 89.9 Å². The van der Waals surface area contributed by atoms with Crippen molar-refractivity contribution in [2.24, 2.45) is 0 Å². The van der Waals surface area contributed by atoms with E-state index in [4.69, 9.17) is 18.9 Å². The van der Waals surface area contributed by atoms with Crippen molar-refractivity contribution in [2.45, 2.75) is 102 Å². The maximum absolute atomic E-state index is 12.9. The Kier molecular flexibility index (Phi) is 6.87. The van der Waals surface area contributed by atoms with Gasteiger partial charge in [0.1, 0.15) is 12.1 Å². The Morgan fingerprint density at radius 3 is 2.58 bits per heavy atom. The highest BCUT2D eigenvalue weighted by atomic mass is 16.8. The van der Waals surface area contributed by atoms with Crippen molar-refractivity contribution < 1.29 is 28.5 Å². The van der Waals surface area contributed by atoms with Gasteiger partial charge in [-0.15, -0.1) is 0 Å². The number of hydrogen-bond donors (Lipinski definition) is 1. The average Bonchev–Trinajstić information content (AvgIpc) is 3.45. The molecular formula is C23H36N4O6. The van der Waals surface area contributed by atoms with Crippen LogP contribution in [0.15, 0.2) is 0 Å². The summed E-state index contributed by atoms with van der Waals surface area (Å²) in [6, 6.07) is 1.90. The van der Waals surface area contributed by atoms with Gasteiger partial charge in [-0.05, 0) is 52.9 Å². The lowest BCUT2D eigenvalue weighted by molar-refractivity contribution is -0.215. The molecule has 4 heterocycles. The summed E-state index contributed by atoms with van der Waals surface area (Å²) in [6.45, 7) is 9.61. The van der Waals surface area contributed by atoms with E-state index in [1.807, 2.05) is 20.8 Å². The Labute approximate surface area is 195 Å². The van der Waals surface area contributed by atoms with Crippen molar-refractivity contribution in [1.82, 2.24) is 15.1 Å². The monoisotopic (exact) mass is 464 g/mol. The molecule has 0 aromatic heterocycles. The van der Waals surface area contributed by atoms with Crippen LogP contribution in [0, 0.1) is 11.3 Å². The fourth-order valence-corrected chi connectivity index (χ4v) is 5.16. The maximum Gasteiger partial charge on any atom is 0.410 e.